The molecule has 0 aromatic rings. The van der Waals surface area contributed by atoms with Crippen molar-refractivity contribution in [1.82, 2.24) is 9.80 Å². The molecule has 0 atom stereocenters. The molecule has 0 amide bonds. The van der Waals surface area contributed by atoms with Crippen LogP contribution in [0.3, 0.4) is 0 Å². The maximum Gasteiger partial charge on any atom is 0.206 e. The van der Waals surface area contributed by atoms with Crippen LogP contribution in [0.1, 0.15) is 6.92 Å². The van der Waals surface area contributed by atoms with Crippen molar-refractivity contribution < 1.29 is 4.48 Å². The van der Waals surface area contributed by atoms with Crippen molar-refractivity contribution in [3.05, 3.63) is 0 Å². The predicted molar refractivity (Wildman–Crippen MR) is 55.2 cm³/mol. The van der Waals surface area contributed by atoms with E-state index in [4.69, 9.17) is 0 Å². The van der Waals surface area contributed by atoms with E-state index in [0.29, 0.717) is 6.29 Å². The van der Waals surface area contributed by atoms with Crippen LogP contribution >= 0.6 is 0 Å². The number of rotatable bonds is 1. The van der Waals surface area contributed by atoms with E-state index in [1.165, 1.54) is 43.8 Å². The second-order valence-corrected chi connectivity index (χ2v) is 4.67. The molecule has 3 saturated heterocycles. The van der Waals surface area contributed by atoms with E-state index in [1.807, 2.05) is 6.92 Å². The Morgan fingerprint density at radius 2 is 1.79 bits per heavy atom. The van der Waals surface area contributed by atoms with Crippen molar-refractivity contribution in [2.75, 3.05) is 45.8 Å². The van der Waals surface area contributed by atoms with Crippen LogP contribution in [0.4, 0.5) is 0 Å². The average molecular weight is 192 g/mol. The van der Waals surface area contributed by atoms with Crippen molar-refractivity contribution in [1.29, 1.82) is 0 Å². The van der Waals surface area contributed by atoms with Gasteiger partial charge in [-0.2, -0.15) is 0 Å². The first kappa shape index (κ1) is 8.72. The summed E-state index contributed by atoms with van der Waals surface area (Å²) < 4.78 is 1.24. The Kier molecular flexibility index (Phi) is 1.85. The smallest absolute Gasteiger partial charge is 0.206 e. The Bertz CT molecular complexity index is 285. The third-order valence-corrected chi connectivity index (χ3v) is 4.05. The highest BCUT2D eigenvalue weighted by molar-refractivity contribution is 4.98. The Balaban J connectivity index is 1.88. The van der Waals surface area contributed by atoms with Crippen LogP contribution in [-0.4, -0.2) is 66.4 Å². The van der Waals surface area contributed by atoms with Gasteiger partial charge in [0.05, 0.1) is 26.2 Å². The van der Waals surface area contributed by atoms with Crippen LogP contribution in [0.15, 0.2) is 0 Å². The van der Waals surface area contributed by atoms with Crippen molar-refractivity contribution in [3.63, 3.8) is 0 Å². The van der Waals surface area contributed by atoms with Crippen LogP contribution in [0.2, 0.25) is 0 Å². The molecule has 3 heterocycles. The number of hydrogen-bond acceptors (Lipinski definition) is 2. The molecule has 0 aliphatic carbocycles. The maximum absolute atomic E-state index is 3.29. The van der Waals surface area contributed by atoms with Crippen LogP contribution < -0.4 is 0 Å². The van der Waals surface area contributed by atoms with E-state index >= 15 is 0 Å². The van der Waals surface area contributed by atoms with E-state index in [0.717, 1.165) is 6.54 Å². The summed E-state index contributed by atoms with van der Waals surface area (Å²) in [6.07, 6.45) is 0.691. The zero-order chi connectivity index (χ0) is 9.60. The molecular formula is C11H18N3+. The summed E-state index contributed by atoms with van der Waals surface area (Å²) in [6, 6.07) is 0. The van der Waals surface area contributed by atoms with Gasteiger partial charge >= 0.3 is 0 Å². The molecule has 14 heavy (non-hydrogen) atoms. The van der Waals surface area contributed by atoms with Gasteiger partial charge < -0.3 is 0 Å². The molecular weight excluding hydrogens is 174 g/mol. The third kappa shape index (κ3) is 0.993. The maximum atomic E-state index is 3.29. The molecule has 0 aromatic heterocycles. The summed E-state index contributed by atoms with van der Waals surface area (Å²) in [6.45, 7) is 10.8. The van der Waals surface area contributed by atoms with Crippen LogP contribution in [0.25, 0.3) is 0 Å². The first-order valence-electron chi connectivity index (χ1n) is 5.59. The van der Waals surface area contributed by atoms with Gasteiger partial charge in [-0.05, 0) is 12.8 Å². The Morgan fingerprint density at radius 1 is 1.14 bits per heavy atom. The Labute approximate surface area is 85.9 Å². The fourth-order valence-corrected chi connectivity index (χ4v) is 3.34. The second kappa shape index (κ2) is 2.96. The first-order valence-corrected chi connectivity index (χ1v) is 5.59. The van der Waals surface area contributed by atoms with Gasteiger partial charge in [0.1, 0.15) is 6.54 Å². The molecule has 0 N–H and O–H groups in total. The van der Waals surface area contributed by atoms with Gasteiger partial charge in [0.25, 0.3) is 0 Å². The highest BCUT2D eigenvalue weighted by atomic mass is 15.7. The van der Waals surface area contributed by atoms with Gasteiger partial charge in [0, 0.05) is 13.1 Å². The SMILES string of the molecule is CC#CC[N+]12CCN3CCN(CC1)C32. The molecule has 3 rings (SSSR count). The molecule has 3 nitrogen and oxygen atoms in total. The largest absolute Gasteiger partial charge is 0.283 e. The Morgan fingerprint density at radius 3 is 2.36 bits per heavy atom. The van der Waals surface area contributed by atoms with Gasteiger partial charge in [-0.1, -0.05) is 0 Å². The monoisotopic (exact) mass is 192 g/mol. The molecule has 3 aliphatic heterocycles. The van der Waals surface area contributed by atoms with Gasteiger partial charge in [-0.3, -0.25) is 4.48 Å². The summed E-state index contributed by atoms with van der Waals surface area (Å²) in [5.41, 5.74) is 0. The lowest BCUT2D eigenvalue weighted by Gasteiger charge is -2.32. The molecule has 0 unspecified atom stereocenters. The van der Waals surface area contributed by atoms with E-state index < -0.39 is 0 Å². The van der Waals surface area contributed by atoms with E-state index in [1.54, 1.807) is 0 Å². The quantitative estimate of drug-likeness (QED) is 0.418. The molecule has 3 fully saturated rings. The lowest BCUT2D eigenvalue weighted by atomic mass is 10.4. The first-order chi connectivity index (χ1) is 6.86. The Hall–Kier alpha value is -0.560. The number of hydrogen-bond donors (Lipinski definition) is 0. The molecule has 76 valence electrons. The van der Waals surface area contributed by atoms with Crippen molar-refractivity contribution in [3.8, 4) is 11.8 Å². The second-order valence-electron chi connectivity index (χ2n) is 4.67. The zero-order valence-electron chi connectivity index (χ0n) is 8.87. The van der Waals surface area contributed by atoms with Crippen molar-refractivity contribution in [2.45, 2.75) is 13.2 Å². The number of nitrogens with zero attached hydrogens (tertiary/aromatic N) is 3. The molecule has 0 aromatic carbocycles. The van der Waals surface area contributed by atoms with E-state index in [2.05, 4.69) is 21.6 Å². The topological polar surface area (TPSA) is 6.48 Å². The molecule has 0 spiro atoms. The van der Waals surface area contributed by atoms with E-state index in [9.17, 15) is 0 Å². The highest BCUT2D eigenvalue weighted by Gasteiger charge is 2.56. The molecule has 0 bridgehead atoms. The summed E-state index contributed by atoms with van der Waals surface area (Å²) in [5.74, 6) is 6.34. The molecule has 3 aliphatic rings. The van der Waals surface area contributed by atoms with Crippen molar-refractivity contribution in [2.24, 2.45) is 0 Å². The molecule has 3 heteroatoms. The minimum atomic E-state index is 0.691. The zero-order valence-corrected chi connectivity index (χ0v) is 8.87. The third-order valence-electron chi connectivity index (χ3n) is 4.05. The fourth-order valence-electron chi connectivity index (χ4n) is 3.34. The highest BCUT2D eigenvalue weighted by Crippen LogP contribution is 2.35. The minimum Gasteiger partial charge on any atom is -0.283 e. The van der Waals surface area contributed by atoms with Crippen molar-refractivity contribution >= 4 is 0 Å². The summed E-state index contributed by atoms with van der Waals surface area (Å²) in [5, 5.41) is 0. The predicted octanol–water partition coefficient (Wildman–Crippen LogP) is -0.245. The summed E-state index contributed by atoms with van der Waals surface area (Å²) in [7, 11) is 0. The van der Waals surface area contributed by atoms with E-state index in [-0.39, 0.29) is 0 Å². The van der Waals surface area contributed by atoms with Gasteiger partial charge in [-0.15, -0.1) is 5.92 Å². The van der Waals surface area contributed by atoms with Gasteiger partial charge in [0.2, 0.25) is 6.29 Å². The van der Waals surface area contributed by atoms with Gasteiger partial charge in [-0.25, -0.2) is 9.80 Å². The standard InChI is InChI=1S/C11H18N3/c1-2-3-8-14-9-6-12-4-5-13(7-10-14)11(12)14/h11H,4-10H2,1H3/q+1. The lowest BCUT2D eigenvalue weighted by molar-refractivity contribution is -0.930. The summed E-state index contributed by atoms with van der Waals surface area (Å²) in [4.78, 5) is 5.29. The van der Waals surface area contributed by atoms with Crippen LogP contribution in [-0.2, 0) is 0 Å². The number of quaternary nitrogens is 1. The minimum absolute atomic E-state index is 0.691. The molecule has 0 radical (unpaired) electrons. The summed E-state index contributed by atoms with van der Waals surface area (Å²) >= 11 is 0. The van der Waals surface area contributed by atoms with Crippen LogP contribution in [0, 0.1) is 11.8 Å². The fraction of sp³-hybridized carbons (Fsp3) is 0.818. The van der Waals surface area contributed by atoms with Crippen LogP contribution in [0.5, 0.6) is 0 Å². The lowest BCUT2D eigenvalue weighted by Crippen LogP contribution is -2.52. The average Bonchev–Trinajstić information content (AvgIpc) is 2.83. The molecule has 0 saturated carbocycles. The van der Waals surface area contributed by atoms with Gasteiger partial charge in [0.15, 0.2) is 0 Å². The normalized spacial score (nSPS) is 41.1.